The Bertz CT molecular complexity index is 452. The first-order valence-electron chi connectivity index (χ1n) is 6.64. The van der Waals surface area contributed by atoms with Gasteiger partial charge in [0.05, 0.1) is 0 Å². The van der Waals surface area contributed by atoms with Crippen LogP contribution in [-0.4, -0.2) is 19.5 Å². The largest absolute Gasteiger partial charge is 0.261 e. The Morgan fingerprint density at radius 1 is 0.889 bits per heavy atom. The Hall–Kier alpha value is -1.58. The molecule has 0 aliphatic carbocycles. The summed E-state index contributed by atoms with van der Waals surface area (Å²) in [7, 11) is 0. The van der Waals surface area contributed by atoms with Crippen LogP contribution in [0.3, 0.4) is 0 Å². The maximum Gasteiger partial charge on any atom is 0.153 e. The van der Waals surface area contributed by atoms with Crippen LogP contribution in [0.2, 0.25) is 0 Å². The summed E-state index contributed by atoms with van der Waals surface area (Å²) in [4.78, 5) is 0. The average Bonchev–Trinajstić information content (AvgIpc) is 2.86. The molecule has 0 aliphatic heterocycles. The minimum atomic E-state index is 0.579. The van der Waals surface area contributed by atoms with Crippen LogP contribution in [0.1, 0.15) is 39.3 Å². The maximum absolute atomic E-state index is 4.36. The molecule has 2 heterocycles. The smallest absolute Gasteiger partial charge is 0.153 e. The summed E-state index contributed by atoms with van der Waals surface area (Å²) in [5.74, 6) is 3.24. The van der Waals surface area contributed by atoms with Gasteiger partial charge in [-0.05, 0) is 24.0 Å². The molecular formula is C14H22N4. The van der Waals surface area contributed by atoms with Crippen LogP contribution in [0.5, 0.6) is 0 Å². The van der Waals surface area contributed by atoms with Gasteiger partial charge in [0.2, 0.25) is 0 Å². The van der Waals surface area contributed by atoms with Crippen molar-refractivity contribution in [1.29, 1.82) is 0 Å². The predicted molar refractivity (Wildman–Crippen MR) is 72.3 cm³/mol. The summed E-state index contributed by atoms with van der Waals surface area (Å²) >= 11 is 0. The second-order valence-corrected chi connectivity index (χ2v) is 5.60. The van der Waals surface area contributed by atoms with E-state index in [1.165, 1.54) is 0 Å². The Kier molecular flexibility index (Phi) is 3.84. The number of nitrogens with zero attached hydrogens (tertiary/aromatic N) is 4. The number of aromatic nitrogens is 4. The predicted octanol–water partition coefficient (Wildman–Crippen LogP) is 2.79. The lowest BCUT2D eigenvalue weighted by atomic mass is 10.1. The summed E-state index contributed by atoms with van der Waals surface area (Å²) in [6, 6.07) is 4.05. The van der Waals surface area contributed by atoms with Crippen molar-refractivity contribution in [1.82, 2.24) is 19.5 Å². The minimum Gasteiger partial charge on any atom is -0.261 e. The summed E-state index contributed by atoms with van der Waals surface area (Å²) in [5.41, 5.74) is 0. The van der Waals surface area contributed by atoms with Crippen molar-refractivity contribution >= 4 is 0 Å². The molecule has 2 rings (SSSR count). The van der Waals surface area contributed by atoms with Gasteiger partial charge in [-0.1, -0.05) is 27.7 Å². The Morgan fingerprint density at radius 3 is 1.72 bits per heavy atom. The van der Waals surface area contributed by atoms with Gasteiger partial charge in [0.1, 0.15) is 0 Å². The van der Waals surface area contributed by atoms with Crippen LogP contribution in [0, 0.1) is 11.8 Å². The fourth-order valence-electron chi connectivity index (χ4n) is 2.06. The van der Waals surface area contributed by atoms with E-state index in [-0.39, 0.29) is 0 Å². The Balaban J connectivity index is 2.39. The second kappa shape index (κ2) is 5.38. The summed E-state index contributed by atoms with van der Waals surface area (Å²) < 4.78 is 4.20. The maximum atomic E-state index is 4.36. The molecule has 18 heavy (non-hydrogen) atoms. The molecule has 0 atom stereocenters. The van der Waals surface area contributed by atoms with Crippen LogP contribution >= 0.6 is 0 Å². The van der Waals surface area contributed by atoms with E-state index in [2.05, 4.69) is 47.2 Å². The van der Waals surface area contributed by atoms with E-state index >= 15 is 0 Å². The van der Waals surface area contributed by atoms with Crippen molar-refractivity contribution in [3.8, 4) is 0 Å². The molecule has 0 unspecified atom stereocenters. The van der Waals surface area contributed by atoms with Gasteiger partial charge < -0.3 is 0 Å². The van der Waals surface area contributed by atoms with E-state index in [1.807, 2.05) is 24.5 Å². The number of rotatable bonds is 5. The number of hydrogen-bond acceptors (Lipinski definition) is 2. The van der Waals surface area contributed by atoms with Crippen LogP contribution in [-0.2, 0) is 12.8 Å². The Labute approximate surface area is 109 Å². The van der Waals surface area contributed by atoms with Gasteiger partial charge in [0, 0.05) is 25.2 Å². The van der Waals surface area contributed by atoms with Crippen LogP contribution in [0.4, 0.5) is 0 Å². The highest BCUT2D eigenvalue weighted by Crippen LogP contribution is 2.12. The van der Waals surface area contributed by atoms with E-state index in [1.54, 1.807) is 0 Å². The zero-order chi connectivity index (χ0) is 13.1. The topological polar surface area (TPSA) is 35.6 Å². The molecule has 0 saturated carbocycles. The highest BCUT2D eigenvalue weighted by molar-refractivity contribution is 5.02. The molecule has 0 aliphatic rings. The molecular weight excluding hydrogens is 224 g/mol. The zero-order valence-electron chi connectivity index (χ0n) is 11.7. The van der Waals surface area contributed by atoms with Crippen molar-refractivity contribution in [3.05, 3.63) is 36.2 Å². The molecule has 0 amide bonds. The first kappa shape index (κ1) is 12.9. The molecule has 98 valence electrons. The molecule has 0 spiro atoms. The Morgan fingerprint density at radius 2 is 1.33 bits per heavy atom. The number of hydrogen-bond donors (Lipinski definition) is 0. The monoisotopic (exact) mass is 246 g/mol. The summed E-state index contributed by atoms with van der Waals surface area (Å²) in [6.45, 7) is 8.82. The molecule has 4 nitrogen and oxygen atoms in total. The van der Waals surface area contributed by atoms with Crippen molar-refractivity contribution in [2.45, 2.75) is 40.5 Å². The lowest BCUT2D eigenvalue weighted by Crippen LogP contribution is -2.17. The third-order valence-corrected chi connectivity index (χ3v) is 2.77. The van der Waals surface area contributed by atoms with Gasteiger partial charge in [0.15, 0.2) is 11.6 Å². The quantitative estimate of drug-likeness (QED) is 0.813. The van der Waals surface area contributed by atoms with E-state index in [4.69, 9.17) is 0 Å². The highest BCUT2D eigenvalue weighted by Gasteiger charge is 2.15. The summed E-state index contributed by atoms with van der Waals surface area (Å²) in [6.07, 6.45) is 5.97. The summed E-state index contributed by atoms with van der Waals surface area (Å²) in [5, 5.41) is 8.71. The highest BCUT2D eigenvalue weighted by atomic mass is 15.5. The molecule has 0 bridgehead atoms. The van der Waals surface area contributed by atoms with Gasteiger partial charge in [-0.25, -0.2) is 4.68 Å². The molecule has 0 radical (unpaired) electrons. The van der Waals surface area contributed by atoms with Crippen LogP contribution < -0.4 is 0 Å². The van der Waals surface area contributed by atoms with Gasteiger partial charge in [-0.3, -0.25) is 4.68 Å². The fourth-order valence-corrected chi connectivity index (χ4v) is 2.06. The minimum absolute atomic E-state index is 0.579. The molecule has 0 saturated heterocycles. The van der Waals surface area contributed by atoms with E-state index in [0.29, 0.717) is 11.8 Å². The third kappa shape index (κ3) is 2.81. The molecule has 4 heteroatoms. The van der Waals surface area contributed by atoms with E-state index in [9.17, 15) is 0 Å². The van der Waals surface area contributed by atoms with Gasteiger partial charge in [-0.2, -0.15) is 0 Å². The third-order valence-electron chi connectivity index (χ3n) is 2.77. The van der Waals surface area contributed by atoms with E-state index < -0.39 is 0 Å². The standard InChI is InChI=1S/C14H22N4/c1-11(2)9-13-15-16-14(10-12(3)4)18(13)17-7-5-6-8-17/h5-8,11-12H,9-10H2,1-4H3. The zero-order valence-corrected chi connectivity index (χ0v) is 11.7. The fraction of sp³-hybridized carbons (Fsp3) is 0.571. The van der Waals surface area contributed by atoms with Gasteiger partial charge in [-0.15, -0.1) is 10.2 Å². The lowest BCUT2D eigenvalue weighted by Gasteiger charge is -2.13. The SMILES string of the molecule is CC(C)Cc1nnc(CC(C)C)n1-n1cccc1. The van der Waals surface area contributed by atoms with Crippen LogP contribution in [0.25, 0.3) is 0 Å². The molecule has 2 aromatic heterocycles. The molecule has 0 N–H and O–H groups in total. The molecule has 0 aromatic carbocycles. The van der Waals surface area contributed by atoms with E-state index in [0.717, 1.165) is 24.5 Å². The van der Waals surface area contributed by atoms with Crippen molar-refractivity contribution in [2.75, 3.05) is 0 Å². The van der Waals surface area contributed by atoms with Crippen molar-refractivity contribution in [2.24, 2.45) is 11.8 Å². The van der Waals surface area contributed by atoms with Crippen molar-refractivity contribution in [3.63, 3.8) is 0 Å². The van der Waals surface area contributed by atoms with Gasteiger partial charge in [0.25, 0.3) is 0 Å². The molecule has 0 fully saturated rings. The normalized spacial score (nSPS) is 11.7. The molecule has 2 aromatic rings. The first-order chi connectivity index (χ1) is 8.58. The second-order valence-electron chi connectivity index (χ2n) is 5.60. The van der Waals surface area contributed by atoms with Crippen molar-refractivity contribution < 1.29 is 0 Å². The lowest BCUT2D eigenvalue weighted by molar-refractivity contribution is 0.517. The average molecular weight is 246 g/mol. The van der Waals surface area contributed by atoms with Gasteiger partial charge >= 0.3 is 0 Å². The van der Waals surface area contributed by atoms with Crippen LogP contribution in [0.15, 0.2) is 24.5 Å². The first-order valence-corrected chi connectivity index (χ1v) is 6.64.